The van der Waals surface area contributed by atoms with Gasteiger partial charge in [-0.3, -0.25) is 5.41 Å². The van der Waals surface area contributed by atoms with Gasteiger partial charge in [-0.1, -0.05) is 11.6 Å². The van der Waals surface area contributed by atoms with E-state index in [2.05, 4.69) is 4.90 Å². The van der Waals surface area contributed by atoms with Gasteiger partial charge in [0.2, 0.25) is 0 Å². The van der Waals surface area contributed by atoms with Crippen molar-refractivity contribution in [2.24, 2.45) is 5.73 Å². The maximum absolute atomic E-state index is 9.91. The average molecular weight is 254 g/mol. The molecule has 4 nitrogen and oxygen atoms in total. The first-order valence-corrected chi connectivity index (χ1v) is 5.88. The largest absolute Gasteiger partial charge is 0.388 e. The molecule has 0 aliphatic carbocycles. The van der Waals surface area contributed by atoms with E-state index in [1.54, 1.807) is 12.1 Å². The zero-order chi connectivity index (χ0) is 12.6. The molecule has 4 N–H and O–H groups in total. The van der Waals surface area contributed by atoms with Crippen LogP contribution in [-0.4, -0.2) is 29.6 Å². The lowest BCUT2D eigenvalue weighted by Crippen LogP contribution is -2.29. The highest BCUT2D eigenvalue weighted by atomic mass is 35.5. The molecule has 1 aromatic carbocycles. The van der Waals surface area contributed by atoms with Crippen LogP contribution in [0.5, 0.6) is 0 Å². The highest BCUT2D eigenvalue weighted by Crippen LogP contribution is 2.29. The number of nitrogens with zero attached hydrogens (tertiary/aromatic N) is 1. The van der Waals surface area contributed by atoms with Crippen LogP contribution in [0.15, 0.2) is 18.2 Å². The lowest BCUT2D eigenvalue weighted by Gasteiger charge is -2.21. The molecular formula is C12H16ClN3O. The summed E-state index contributed by atoms with van der Waals surface area (Å²) >= 11 is 6.06. The standard InChI is InChI=1S/C12H16ClN3O/c1-12(17)4-5-16(7-12)8-2-3-9(11(14)15)10(13)6-8/h2-3,6,17H,4-5,7H2,1H3,(H3,14,15). The van der Waals surface area contributed by atoms with Gasteiger partial charge in [-0.25, -0.2) is 0 Å². The zero-order valence-electron chi connectivity index (χ0n) is 9.70. The SMILES string of the molecule is CC1(O)CCN(c2ccc(C(=N)N)c(Cl)c2)C1. The molecular weight excluding hydrogens is 238 g/mol. The molecule has 1 aromatic rings. The van der Waals surface area contributed by atoms with Gasteiger partial charge in [0.05, 0.1) is 10.6 Å². The van der Waals surface area contributed by atoms with Crippen LogP contribution in [-0.2, 0) is 0 Å². The van der Waals surface area contributed by atoms with Crippen molar-refractivity contribution >= 4 is 23.1 Å². The summed E-state index contributed by atoms with van der Waals surface area (Å²) in [6.45, 7) is 3.24. The summed E-state index contributed by atoms with van der Waals surface area (Å²) in [6.07, 6.45) is 0.749. The number of anilines is 1. The summed E-state index contributed by atoms with van der Waals surface area (Å²) < 4.78 is 0. The van der Waals surface area contributed by atoms with Crippen molar-refractivity contribution in [3.05, 3.63) is 28.8 Å². The molecule has 1 unspecified atom stereocenters. The lowest BCUT2D eigenvalue weighted by molar-refractivity contribution is 0.0839. The molecule has 0 bridgehead atoms. The third kappa shape index (κ3) is 2.53. The number of amidine groups is 1. The predicted molar refractivity (Wildman–Crippen MR) is 69.9 cm³/mol. The van der Waals surface area contributed by atoms with E-state index in [1.807, 2.05) is 13.0 Å². The summed E-state index contributed by atoms with van der Waals surface area (Å²) in [5.41, 5.74) is 6.27. The Labute approximate surface area is 105 Å². The predicted octanol–water partition coefficient (Wildman–Crippen LogP) is 1.59. The Kier molecular flexibility index (Phi) is 3.02. The number of hydrogen-bond acceptors (Lipinski definition) is 3. The third-order valence-corrected chi connectivity index (χ3v) is 3.37. The number of β-amino-alcohol motifs (C(OH)–C–C–N with tert-alkyl or cyclic N) is 1. The topological polar surface area (TPSA) is 73.3 Å². The highest BCUT2D eigenvalue weighted by Gasteiger charge is 2.31. The van der Waals surface area contributed by atoms with E-state index in [4.69, 9.17) is 22.7 Å². The van der Waals surface area contributed by atoms with Crippen LogP contribution in [0.2, 0.25) is 5.02 Å². The van der Waals surface area contributed by atoms with Crippen LogP contribution >= 0.6 is 11.6 Å². The lowest BCUT2D eigenvalue weighted by atomic mass is 10.1. The van der Waals surface area contributed by atoms with Gasteiger partial charge in [0, 0.05) is 24.3 Å². The smallest absolute Gasteiger partial charge is 0.124 e. The minimum absolute atomic E-state index is 0.0324. The van der Waals surface area contributed by atoms with E-state index in [0.717, 1.165) is 18.7 Å². The molecule has 1 aliphatic rings. The van der Waals surface area contributed by atoms with Crippen molar-refractivity contribution in [1.29, 1.82) is 5.41 Å². The molecule has 2 rings (SSSR count). The number of nitrogens with two attached hydrogens (primary N) is 1. The average Bonchev–Trinajstić information content (AvgIpc) is 2.58. The van der Waals surface area contributed by atoms with Crippen LogP contribution in [0.4, 0.5) is 5.69 Å². The molecule has 0 radical (unpaired) electrons. The van der Waals surface area contributed by atoms with Crippen LogP contribution in [0.1, 0.15) is 18.9 Å². The number of benzene rings is 1. The summed E-state index contributed by atoms with van der Waals surface area (Å²) in [5.74, 6) is -0.0324. The summed E-state index contributed by atoms with van der Waals surface area (Å²) in [5, 5.41) is 17.7. The van der Waals surface area contributed by atoms with Gasteiger partial charge in [0.25, 0.3) is 0 Å². The summed E-state index contributed by atoms with van der Waals surface area (Å²) in [4.78, 5) is 2.08. The Morgan fingerprint density at radius 3 is 2.76 bits per heavy atom. The minimum atomic E-state index is -0.633. The van der Waals surface area contributed by atoms with Crippen molar-refractivity contribution in [1.82, 2.24) is 0 Å². The normalized spacial score (nSPS) is 24.1. The van der Waals surface area contributed by atoms with Crippen molar-refractivity contribution in [3.63, 3.8) is 0 Å². The molecule has 1 aliphatic heterocycles. The minimum Gasteiger partial charge on any atom is -0.388 e. The van der Waals surface area contributed by atoms with Crippen LogP contribution < -0.4 is 10.6 Å². The van der Waals surface area contributed by atoms with E-state index in [1.165, 1.54) is 0 Å². The molecule has 5 heteroatoms. The zero-order valence-corrected chi connectivity index (χ0v) is 10.5. The number of nitrogen functional groups attached to an aromatic ring is 1. The van der Waals surface area contributed by atoms with Crippen molar-refractivity contribution in [2.45, 2.75) is 18.9 Å². The fraction of sp³-hybridized carbons (Fsp3) is 0.417. The second-order valence-electron chi connectivity index (χ2n) is 4.75. The van der Waals surface area contributed by atoms with Gasteiger partial charge in [0.15, 0.2) is 0 Å². The van der Waals surface area contributed by atoms with E-state index >= 15 is 0 Å². The van der Waals surface area contributed by atoms with E-state index in [0.29, 0.717) is 17.1 Å². The Morgan fingerprint density at radius 1 is 1.59 bits per heavy atom. The molecule has 0 aromatic heterocycles. The monoisotopic (exact) mass is 253 g/mol. The molecule has 0 spiro atoms. The Hall–Kier alpha value is -1.26. The van der Waals surface area contributed by atoms with E-state index < -0.39 is 5.60 Å². The van der Waals surface area contributed by atoms with Crippen molar-refractivity contribution in [3.8, 4) is 0 Å². The van der Waals surface area contributed by atoms with Crippen LogP contribution in [0.25, 0.3) is 0 Å². The third-order valence-electron chi connectivity index (χ3n) is 3.06. The van der Waals surface area contributed by atoms with Gasteiger partial charge in [-0.15, -0.1) is 0 Å². The number of halogens is 1. The Bertz CT molecular complexity index is 459. The number of rotatable bonds is 2. The fourth-order valence-corrected chi connectivity index (χ4v) is 2.36. The van der Waals surface area contributed by atoms with Crippen LogP contribution in [0.3, 0.4) is 0 Å². The number of nitrogens with one attached hydrogen (secondary N) is 1. The molecule has 1 atom stereocenters. The maximum Gasteiger partial charge on any atom is 0.124 e. The number of hydrogen-bond donors (Lipinski definition) is 3. The molecule has 1 fully saturated rings. The number of aliphatic hydroxyl groups is 1. The van der Waals surface area contributed by atoms with Crippen molar-refractivity contribution in [2.75, 3.05) is 18.0 Å². The maximum atomic E-state index is 9.91. The second-order valence-corrected chi connectivity index (χ2v) is 5.15. The van der Waals surface area contributed by atoms with Gasteiger partial charge in [-0.2, -0.15) is 0 Å². The second kappa shape index (κ2) is 4.20. The first kappa shape index (κ1) is 12.2. The molecule has 92 valence electrons. The van der Waals surface area contributed by atoms with Crippen LogP contribution in [0, 0.1) is 5.41 Å². The van der Waals surface area contributed by atoms with Gasteiger partial charge in [-0.05, 0) is 31.5 Å². The molecule has 1 heterocycles. The van der Waals surface area contributed by atoms with Gasteiger partial charge in [0.1, 0.15) is 5.84 Å². The van der Waals surface area contributed by atoms with E-state index in [-0.39, 0.29) is 5.84 Å². The molecule has 0 saturated carbocycles. The molecule has 17 heavy (non-hydrogen) atoms. The quantitative estimate of drug-likeness (QED) is 0.554. The first-order chi connectivity index (χ1) is 7.89. The van der Waals surface area contributed by atoms with E-state index in [9.17, 15) is 5.11 Å². The molecule has 1 saturated heterocycles. The fourth-order valence-electron chi connectivity index (χ4n) is 2.08. The molecule has 0 amide bonds. The Balaban J connectivity index is 2.24. The summed E-state index contributed by atoms with van der Waals surface area (Å²) in [6, 6.07) is 5.41. The van der Waals surface area contributed by atoms with Gasteiger partial charge < -0.3 is 15.7 Å². The Morgan fingerprint density at radius 2 is 2.29 bits per heavy atom. The highest BCUT2D eigenvalue weighted by molar-refractivity contribution is 6.34. The first-order valence-electron chi connectivity index (χ1n) is 5.50. The van der Waals surface area contributed by atoms with Crippen molar-refractivity contribution < 1.29 is 5.11 Å². The summed E-state index contributed by atoms with van der Waals surface area (Å²) in [7, 11) is 0. The van der Waals surface area contributed by atoms with Gasteiger partial charge >= 0.3 is 0 Å².